The molecular formula is C12H22N2O2. The van der Waals surface area contributed by atoms with Crippen molar-refractivity contribution in [1.29, 1.82) is 0 Å². The fourth-order valence-corrected chi connectivity index (χ4v) is 2.11. The molecular weight excluding hydrogens is 204 g/mol. The van der Waals surface area contributed by atoms with E-state index in [1.807, 2.05) is 27.7 Å². The van der Waals surface area contributed by atoms with Gasteiger partial charge in [-0.3, -0.25) is 9.59 Å². The minimum Gasteiger partial charge on any atom is -0.369 e. The predicted molar refractivity (Wildman–Crippen MR) is 62.5 cm³/mol. The molecule has 1 fully saturated rings. The van der Waals surface area contributed by atoms with Crippen molar-refractivity contribution in [3.63, 3.8) is 0 Å². The third-order valence-corrected chi connectivity index (χ3v) is 3.01. The zero-order valence-electron chi connectivity index (χ0n) is 10.6. The van der Waals surface area contributed by atoms with Gasteiger partial charge >= 0.3 is 0 Å². The van der Waals surface area contributed by atoms with Gasteiger partial charge in [-0.25, -0.2) is 0 Å². The first-order chi connectivity index (χ1) is 7.20. The van der Waals surface area contributed by atoms with Gasteiger partial charge < -0.3 is 10.6 Å². The van der Waals surface area contributed by atoms with E-state index in [1.54, 1.807) is 4.90 Å². The molecule has 0 radical (unpaired) electrons. The van der Waals surface area contributed by atoms with E-state index in [0.29, 0.717) is 19.5 Å². The lowest BCUT2D eigenvalue weighted by atomic mass is 9.92. The van der Waals surface area contributed by atoms with Crippen molar-refractivity contribution < 1.29 is 9.59 Å². The number of nitrogens with zero attached hydrogens (tertiary/aromatic N) is 1. The van der Waals surface area contributed by atoms with Crippen LogP contribution in [0.1, 0.15) is 34.1 Å². The van der Waals surface area contributed by atoms with Crippen molar-refractivity contribution in [2.75, 3.05) is 13.1 Å². The molecule has 0 saturated carbocycles. The lowest BCUT2D eigenvalue weighted by Gasteiger charge is -2.22. The highest BCUT2D eigenvalue weighted by Gasteiger charge is 2.36. The van der Waals surface area contributed by atoms with Gasteiger partial charge in [-0.2, -0.15) is 0 Å². The fraction of sp³-hybridized carbons (Fsp3) is 0.833. The van der Waals surface area contributed by atoms with Crippen LogP contribution < -0.4 is 5.73 Å². The molecule has 16 heavy (non-hydrogen) atoms. The Morgan fingerprint density at radius 1 is 1.31 bits per heavy atom. The quantitative estimate of drug-likeness (QED) is 0.763. The van der Waals surface area contributed by atoms with Crippen molar-refractivity contribution in [2.45, 2.75) is 34.1 Å². The highest BCUT2D eigenvalue weighted by atomic mass is 16.2. The highest BCUT2D eigenvalue weighted by Crippen LogP contribution is 2.26. The summed E-state index contributed by atoms with van der Waals surface area (Å²) in [4.78, 5) is 24.9. The van der Waals surface area contributed by atoms with Crippen molar-refractivity contribution in [1.82, 2.24) is 4.90 Å². The molecule has 2 N–H and O–H groups in total. The first-order valence-electron chi connectivity index (χ1n) is 5.78. The molecule has 4 heteroatoms. The number of rotatable bonds is 2. The molecule has 1 heterocycles. The molecule has 4 nitrogen and oxygen atoms in total. The second-order valence-corrected chi connectivity index (χ2v) is 6.02. The Kier molecular flexibility index (Phi) is 3.61. The van der Waals surface area contributed by atoms with Crippen LogP contribution in [0.15, 0.2) is 0 Å². The Labute approximate surface area is 97.2 Å². The van der Waals surface area contributed by atoms with E-state index in [1.165, 1.54) is 0 Å². The number of hydrogen-bond acceptors (Lipinski definition) is 2. The van der Waals surface area contributed by atoms with E-state index in [9.17, 15) is 9.59 Å². The van der Waals surface area contributed by atoms with Crippen LogP contribution in [0.2, 0.25) is 0 Å². The second kappa shape index (κ2) is 4.44. The zero-order chi connectivity index (χ0) is 12.5. The maximum atomic E-state index is 11.9. The highest BCUT2D eigenvalue weighted by molar-refractivity contribution is 5.81. The standard InChI is InChI=1S/C12H22N2O2/c1-8-6-14(7-9(8)11(13)16)10(15)5-12(2,3)4/h8-9H,5-7H2,1-4H3,(H2,13,16)/t8-,9-/m1/s1. The number of amides is 2. The maximum absolute atomic E-state index is 11.9. The normalized spacial score (nSPS) is 25.9. The fourth-order valence-electron chi connectivity index (χ4n) is 2.11. The van der Waals surface area contributed by atoms with Gasteiger partial charge in [-0.1, -0.05) is 27.7 Å². The van der Waals surface area contributed by atoms with Crippen molar-refractivity contribution in [3.05, 3.63) is 0 Å². The van der Waals surface area contributed by atoms with Gasteiger partial charge in [0.05, 0.1) is 5.92 Å². The molecule has 1 saturated heterocycles. The van der Waals surface area contributed by atoms with Crippen molar-refractivity contribution >= 4 is 11.8 Å². The summed E-state index contributed by atoms with van der Waals surface area (Å²) in [6, 6.07) is 0. The van der Waals surface area contributed by atoms with Crippen LogP contribution in [0.25, 0.3) is 0 Å². The van der Waals surface area contributed by atoms with Crippen molar-refractivity contribution in [2.24, 2.45) is 23.0 Å². The van der Waals surface area contributed by atoms with Crippen LogP contribution in [-0.4, -0.2) is 29.8 Å². The summed E-state index contributed by atoms with van der Waals surface area (Å²) < 4.78 is 0. The molecule has 1 aliphatic rings. The molecule has 0 unspecified atom stereocenters. The van der Waals surface area contributed by atoms with E-state index >= 15 is 0 Å². The topological polar surface area (TPSA) is 63.4 Å². The van der Waals surface area contributed by atoms with E-state index in [2.05, 4.69) is 0 Å². The number of carbonyl (C=O) groups excluding carboxylic acids is 2. The molecule has 0 aromatic carbocycles. The summed E-state index contributed by atoms with van der Waals surface area (Å²) in [5.41, 5.74) is 5.29. The van der Waals surface area contributed by atoms with Crippen LogP contribution in [0.5, 0.6) is 0 Å². The third kappa shape index (κ3) is 3.22. The van der Waals surface area contributed by atoms with Crippen LogP contribution in [0.4, 0.5) is 0 Å². The van der Waals surface area contributed by atoms with E-state index in [0.717, 1.165) is 0 Å². The average Bonchev–Trinajstić information content (AvgIpc) is 2.44. The minimum atomic E-state index is -0.293. The molecule has 0 bridgehead atoms. The Bertz CT molecular complexity index is 294. The SMILES string of the molecule is C[C@@H]1CN(C(=O)CC(C)(C)C)C[C@H]1C(N)=O. The molecule has 0 aromatic rings. The maximum Gasteiger partial charge on any atom is 0.223 e. The lowest BCUT2D eigenvalue weighted by Crippen LogP contribution is -2.33. The van der Waals surface area contributed by atoms with Crippen LogP contribution >= 0.6 is 0 Å². The summed E-state index contributed by atoms with van der Waals surface area (Å²) in [5.74, 6) is -0.160. The first kappa shape index (κ1) is 13.0. The molecule has 92 valence electrons. The molecule has 1 aliphatic heterocycles. The number of carbonyl (C=O) groups is 2. The number of hydrogen-bond donors (Lipinski definition) is 1. The van der Waals surface area contributed by atoms with Gasteiger partial charge in [-0.15, -0.1) is 0 Å². The van der Waals surface area contributed by atoms with Gasteiger partial charge in [0.15, 0.2) is 0 Å². The third-order valence-electron chi connectivity index (χ3n) is 3.01. The summed E-state index contributed by atoms with van der Waals surface area (Å²) in [7, 11) is 0. The monoisotopic (exact) mass is 226 g/mol. The summed E-state index contributed by atoms with van der Waals surface area (Å²) >= 11 is 0. The van der Waals surface area contributed by atoms with E-state index in [4.69, 9.17) is 5.73 Å². The Morgan fingerprint density at radius 3 is 2.25 bits per heavy atom. The Balaban J connectivity index is 2.58. The molecule has 1 rings (SSSR count). The molecule has 0 aromatic heterocycles. The predicted octanol–water partition coefficient (Wildman–Crippen LogP) is 1.00. The number of primary amides is 1. The Hall–Kier alpha value is -1.06. The minimum absolute atomic E-state index is 0.00880. The number of likely N-dealkylation sites (tertiary alicyclic amines) is 1. The molecule has 0 spiro atoms. The summed E-state index contributed by atoms with van der Waals surface area (Å²) in [5, 5.41) is 0. The largest absolute Gasteiger partial charge is 0.369 e. The Morgan fingerprint density at radius 2 is 1.88 bits per heavy atom. The van der Waals surface area contributed by atoms with Gasteiger partial charge in [0.2, 0.25) is 11.8 Å². The summed E-state index contributed by atoms with van der Waals surface area (Å²) in [6.07, 6.45) is 0.519. The van der Waals surface area contributed by atoms with Gasteiger partial charge in [0.1, 0.15) is 0 Å². The van der Waals surface area contributed by atoms with Gasteiger partial charge in [0, 0.05) is 19.5 Å². The van der Waals surface area contributed by atoms with Gasteiger partial charge in [-0.05, 0) is 11.3 Å². The number of nitrogens with two attached hydrogens (primary N) is 1. The van der Waals surface area contributed by atoms with E-state index < -0.39 is 0 Å². The van der Waals surface area contributed by atoms with Gasteiger partial charge in [0.25, 0.3) is 0 Å². The van der Waals surface area contributed by atoms with Crippen LogP contribution in [0.3, 0.4) is 0 Å². The molecule has 2 amide bonds. The molecule has 0 aliphatic carbocycles. The average molecular weight is 226 g/mol. The smallest absolute Gasteiger partial charge is 0.223 e. The second-order valence-electron chi connectivity index (χ2n) is 6.02. The van der Waals surface area contributed by atoms with Crippen LogP contribution in [-0.2, 0) is 9.59 Å². The summed E-state index contributed by atoms with van der Waals surface area (Å²) in [6.45, 7) is 9.23. The lowest BCUT2D eigenvalue weighted by molar-refractivity contribution is -0.132. The van der Waals surface area contributed by atoms with Crippen molar-refractivity contribution in [3.8, 4) is 0 Å². The zero-order valence-corrected chi connectivity index (χ0v) is 10.6. The molecule has 2 atom stereocenters. The van der Waals surface area contributed by atoms with E-state index in [-0.39, 0.29) is 29.1 Å². The van der Waals surface area contributed by atoms with Crippen LogP contribution in [0, 0.1) is 17.3 Å². The first-order valence-corrected chi connectivity index (χ1v) is 5.78.